The molecule has 1 atom stereocenters. The van der Waals surface area contributed by atoms with E-state index in [0.717, 1.165) is 5.56 Å². The van der Waals surface area contributed by atoms with Crippen LogP contribution >= 0.6 is 0 Å². The topological polar surface area (TPSA) is 63.2 Å². The lowest BCUT2D eigenvalue weighted by atomic mass is 9.90. The number of nitrogens with one attached hydrogen (secondary N) is 1. The Kier molecular flexibility index (Phi) is 4.73. The molecule has 2 heterocycles. The minimum Gasteiger partial charge on any atom is -0.395 e. The van der Waals surface area contributed by atoms with E-state index in [1.54, 1.807) is 18.2 Å². The van der Waals surface area contributed by atoms with Crippen molar-refractivity contribution in [3.63, 3.8) is 0 Å². The lowest BCUT2D eigenvalue weighted by Gasteiger charge is -2.16. The first-order valence-corrected chi connectivity index (χ1v) is 9.76. The SMILES string of the molecule is O=C(Nc1ccc2c(c1)OC(F)(F)O2)N1CC(c2ccccc2F)C(c2ccccc2)=N1. The fourth-order valence-corrected chi connectivity index (χ4v) is 3.71. The molecule has 2 aliphatic rings. The molecule has 0 radical (unpaired) electrons. The summed E-state index contributed by atoms with van der Waals surface area (Å²) in [5, 5.41) is 8.24. The van der Waals surface area contributed by atoms with Gasteiger partial charge >= 0.3 is 12.3 Å². The summed E-state index contributed by atoms with van der Waals surface area (Å²) in [6.45, 7) is 0.111. The number of anilines is 1. The molecule has 162 valence electrons. The molecule has 32 heavy (non-hydrogen) atoms. The van der Waals surface area contributed by atoms with Crippen LogP contribution in [0.15, 0.2) is 77.9 Å². The number of carbonyl (C=O) groups is 1. The number of urea groups is 1. The second-order valence-electron chi connectivity index (χ2n) is 7.27. The van der Waals surface area contributed by atoms with Crippen LogP contribution in [-0.4, -0.2) is 29.6 Å². The predicted molar refractivity (Wildman–Crippen MR) is 110 cm³/mol. The fourth-order valence-electron chi connectivity index (χ4n) is 3.71. The average Bonchev–Trinajstić information content (AvgIpc) is 3.34. The highest BCUT2D eigenvalue weighted by Gasteiger charge is 2.43. The highest BCUT2D eigenvalue weighted by atomic mass is 19.3. The van der Waals surface area contributed by atoms with Crippen molar-refractivity contribution < 1.29 is 27.4 Å². The van der Waals surface area contributed by atoms with E-state index < -0.39 is 18.2 Å². The second-order valence-corrected chi connectivity index (χ2v) is 7.27. The monoisotopic (exact) mass is 439 g/mol. The van der Waals surface area contributed by atoms with Gasteiger partial charge in [-0.1, -0.05) is 48.5 Å². The second kappa shape index (κ2) is 7.60. The third-order valence-corrected chi connectivity index (χ3v) is 5.15. The van der Waals surface area contributed by atoms with Gasteiger partial charge < -0.3 is 14.8 Å². The molecule has 0 spiro atoms. The van der Waals surface area contributed by atoms with Crippen molar-refractivity contribution in [1.82, 2.24) is 5.01 Å². The summed E-state index contributed by atoms with van der Waals surface area (Å²) in [7, 11) is 0. The van der Waals surface area contributed by atoms with Crippen LogP contribution in [0.25, 0.3) is 0 Å². The van der Waals surface area contributed by atoms with E-state index in [-0.39, 0.29) is 29.5 Å². The maximum absolute atomic E-state index is 14.5. The number of hydrogen-bond acceptors (Lipinski definition) is 4. The maximum atomic E-state index is 14.5. The number of carbonyl (C=O) groups excluding carboxylic acids is 1. The summed E-state index contributed by atoms with van der Waals surface area (Å²) in [4.78, 5) is 12.9. The van der Waals surface area contributed by atoms with E-state index in [2.05, 4.69) is 19.9 Å². The quantitative estimate of drug-likeness (QED) is 0.612. The molecule has 5 rings (SSSR count). The Bertz CT molecular complexity index is 1220. The number of nitrogens with zero attached hydrogens (tertiary/aromatic N) is 2. The summed E-state index contributed by atoms with van der Waals surface area (Å²) in [5.74, 6) is -1.18. The average molecular weight is 439 g/mol. The summed E-state index contributed by atoms with van der Waals surface area (Å²) >= 11 is 0. The van der Waals surface area contributed by atoms with E-state index >= 15 is 0 Å². The number of halogens is 3. The first kappa shape index (κ1) is 19.9. The van der Waals surface area contributed by atoms with Gasteiger partial charge in [-0.15, -0.1) is 8.78 Å². The Morgan fingerprint density at radius 2 is 1.72 bits per heavy atom. The van der Waals surface area contributed by atoms with Crippen LogP contribution in [0.5, 0.6) is 11.5 Å². The first-order valence-electron chi connectivity index (χ1n) is 9.76. The Hall–Kier alpha value is -4.01. The number of benzene rings is 3. The molecule has 0 aromatic heterocycles. The molecule has 3 aromatic carbocycles. The van der Waals surface area contributed by atoms with Gasteiger partial charge in [-0.25, -0.2) is 14.2 Å². The van der Waals surface area contributed by atoms with Gasteiger partial charge in [0.1, 0.15) is 5.82 Å². The van der Waals surface area contributed by atoms with Crippen LogP contribution in [0.3, 0.4) is 0 Å². The molecule has 0 fully saturated rings. The van der Waals surface area contributed by atoms with E-state index in [9.17, 15) is 18.0 Å². The zero-order valence-electron chi connectivity index (χ0n) is 16.5. The molecule has 2 aliphatic heterocycles. The van der Waals surface area contributed by atoms with Gasteiger partial charge in [0.25, 0.3) is 0 Å². The third-order valence-electron chi connectivity index (χ3n) is 5.15. The van der Waals surface area contributed by atoms with Crippen LogP contribution in [-0.2, 0) is 0 Å². The molecule has 0 saturated heterocycles. The maximum Gasteiger partial charge on any atom is 0.586 e. The minimum atomic E-state index is -3.75. The van der Waals surface area contributed by atoms with Crippen molar-refractivity contribution in [2.75, 3.05) is 11.9 Å². The molecule has 9 heteroatoms. The number of fused-ring (bicyclic) bond motifs is 1. The third kappa shape index (κ3) is 3.73. The Morgan fingerprint density at radius 1 is 1.00 bits per heavy atom. The lowest BCUT2D eigenvalue weighted by molar-refractivity contribution is -0.286. The molecule has 0 saturated carbocycles. The highest BCUT2D eigenvalue weighted by molar-refractivity contribution is 6.07. The van der Waals surface area contributed by atoms with Gasteiger partial charge in [0.2, 0.25) is 0 Å². The molecule has 2 amide bonds. The van der Waals surface area contributed by atoms with Crippen molar-refractivity contribution >= 4 is 17.4 Å². The van der Waals surface area contributed by atoms with Gasteiger partial charge in [0, 0.05) is 11.8 Å². The molecule has 1 N–H and O–H groups in total. The summed E-state index contributed by atoms with van der Waals surface area (Å²) in [6, 6.07) is 18.9. The molecule has 3 aromatic rings. The zero-order valence-corrected chi connectivity index (χ0v) is 16.5. The summed E-state index contributed by atoms with van der Waals surface area (Å²) in [6.07, 6.45) is -3.75. The lowest BCUT2D eigenvalue weighted by Crippen LogP contribution is -2.30. The number of rotatable bonds is 3. The largest absolute Gasteiger partial charge is 0.586 e. The van der Waals surface area contributed by atoms with E-state index in [0.29, 0.717) is 11.3 Å². The van der Waals surface area contributed by atoms with Crippen molar-refractivity contribution in [2.24, 2.45) is 5.10 Å². The fraction of sp³-hybridized carbons (Fsp3) is 0.130. The van der Waals surface area contributed by atoms with E-state index in [4.69, 9.17) is 0 Å². The van der Waals surface area contributed by atoms with Gasteiger partial charge in [-0.3, -0.25) is 0 Å². The van der Waals surface area contributed by atoms with Gasteiger partial charge in [-0.2, -0.15) is 5.10 Å². The van der Waals surface area contributed by atoms with Crippen LogP contribution in [0.4, 0.5) is 23.7 Å². The molecule has 6 nitrogen and oxygen atoms in total. The predicted octanol–water partition coefficient (Wildman–Crippen LogP) is 5.18. The van der Waals surface area contributed by atoms with Gasteiger partial charge in [-0.05, 0) is 29.3 Å². The van der Waals surface area contributed by atoms with Crippen LogP contribution in [0, 0.1) is 5.82 Å². The number of amides is 2. The van der Waals surface area contributed by atoms with Gasteiger partial charge in [0.15, 0.2) is 11.5 Å². The smallest absolute Gasteiger partial charge is 0.395 e. The van der Waals surface area contributed by atoms with Crippen LogP contribution in [0.1, 0.15) is 17.0 Å². The minimum absolute atomic E-state index is 0.111. The molecule has 0 bridgehead atoms. The molecule has 0 aliphatic carbocycles. The Labute approximate surface area is 180 Å². The molecule has 1 unspecified atom stereocenters. The standard InChI is InChI=1S/C23H16F3N3O3/c24-18-9-5-4-8-16(18)17-13-29(28-21(17)14-6-2-1-3-7-14)22(30)27-15-10-11-19-20(12-15)32-23(25,26)31-19/h1-12,17H,13H2,(H,27,30). The highest BCUT2D eigenvalue weighted by Crippen LogP contribution is 2.42. The Balaban J connectivity index is 1.41. The van der Waals surface area contributed by atoms with E-state index in [1.807, 2.05) is 30.3 Å². The van der Waals surface area contributed by atoms with Crippen molar-refractivity contribution in [1.29, 1.82) is 0 Å². The number of ether oxygens (including phenoxy) is 2. The molecular formula is C23H16F3N3O3. The zero-order chi connectivity index (χ0) is 22.3. The number of hydrogen-bond donors (Lipinski definition) is 1. The Morgan fingerprint density at radius 3 is 2.50 bits per heavy atom. The van der Waals surface area contributed by atoms with Crippen molar-refractivity contribution in [3.8, 4) is 11.5 Å². The van der Waals surface area contributed by atoms with E-state index in [1.165, 1.54) is 29.3 Å². The van der Waals surface area contributed by atoms with Crippen LogP contribution < -0.4 is 14.8 Å². The van der Waals surface area contributed by atoms with Gasteiger partial charge in [0.05, 0.1) is 18.2 Å². The summed E-state index contributed by atoms with van der Waals surface area (Å²) in [5.41, 5.74) is 1.97. The first-order chi connectivity index (χ1) is 15.4. The molecular weight excluding hydrogens is 423 g/mol. The number of alkyl halides is 2. The van der Waals surface area contributed by atoms with Crippen molar-refractivity contribution in [2.45, 2.75) is 12.2 Å². The van der Waals surface area contributed by atoms with Crippen LogP contribution in [0.2, 0.25) is 0 Å². The number of hydrazone groups is 1. The normalized spacial score (nSPS) is 18.4. The van der Waals surface area contributed by atoms with Crippen molar-refractivity contribution in [3.05, 3.63) is 89.7 Å². The summed E-state index contributed by atoms with van der Waals surface area (Å²) < 4.78 is 49.8.